The first kappa shape index (κ1) is 15.1. The van der Waals surface area contributed by atoms with E-state index in [1.165, 1.54) is 33.6 Å². The zero-order chi connectivity index (χ0) is 17.0. The number of rotatable bonds is 2. The molecule has 1 saturated heterocycles. The number of carbonyl (C=O) groups is 1. The lowest BCUT2D eigenvalue weighted by atomic mass is 9.72. The van der Waals surface area contributed by atoms with E-state index in [2.05, 4.69) is 51.0 Å². The van der Waals surface area contributed by atoms with E-state index in [0.717, 1.165) is 19.4 Å². The fourth-order valence-corrected chi connectivity index (χ4v) is 5.11. The molecule has 5 rings (SSSR count). The molecule has 1 unspecified atom stereocenters. The number of amides is 1. The maximum absolute atomic E-state index is 12.7. The summed E-state index contributed by atoms with van der Waals surface area (Å²) >= 11 is 1.36. The van der Waals surface area contributed by atoms with Crippen molar-refractivity contribution in [2.24, 2.45) is 5.92 Å². The summed E-state index contributed by atoms with van der Waals surface area (Å²) in [6.07, 6.45) is 4.10. The summed E-state index contributed by atoms with van der Waals surface area (Å²) in [7, 11) is 2.15. The Balaban J connectivity index is 1.47. The first-order valence-corrected chi connectivity index (χ1v) is 9.54. The van der Waals surface area contributed by atoms with Gasteiger partial charge in [-0.2, -0.15) is 4.37 Å². The molecule has 0 radical (unpaired) electrons. The van der Waals surface area contributed by atoms with Crippen LogP contribution in [0.25, 0.3) is 10.9 Å². The molecule has 3 atom stereocenters. The lowest BCUT2D eigenvalue weighted by molar-refractivity contribution is -0.122. The van der Waals surface area contributed by atoms with Gasteiger partial charge in [0.1, 0.15) is 5.82 Å². The monoisotopic (exact) mass is 352 g/mol. The van der Waals surface area contributed by atoms with Crippen LogP contribution in [0.3, 0.4) is 0 Å². The Hall–Kier alpha value is -2.18. The largest absolute Gasteiger partial charge is 0.361 e. The number of anilines is 1. The molecule has 1 amide bonds. The molecule has 0 bridgehead atoms. The molecular weight excluding hydrogens is 332 g/mol. The number of piperidine rings is 1. The molecule has 2 aliphatic rings. The Morgan fingerprint density at radius 2 is 2.32 bits per heavy atom. The lowest BCUT2D eigenvalue weighted by Gasteiger charge is -2.45. The lowest BCUT2D eigenvalue weighted by Crippen LogP contribution is -2.50. The van der Waals surface area contributed by atoms with E-state index in [1.807, 2.05) is 11.4 Å². The van der Waals surface area contributed by atoms with Crippen LogP contribution in [-0.4, -0.2) is 39.8 Å². The molecular formula is C19H20N4OS. The van der Waals surface area contributed by atoms with E-state index < -0.39 is 0 Å². The van der Waals surface area contributed by atoms with Gasteiger partial charge in [-0.1, -0.05) is 12.1 Å². The third kappa shape index (κ3) is 2.40. The molecule has 0 spiro atoms. The number of aromatic nitrogens is 2. The predicted molar refractivity (Wildman–Crippen MR) is 100 cm³/mol. The summed E-state index contributed by atoms with van der Waals surface area (Å²) in [6, 6.07) is 8.83. The molecule has 1 fully saturated rings. The number of nitrogens with zero attached hydrogens (tertiary/aromatic N) is 2. The SMILES string of the molecule is CN1CC(C(=O)Nc2ccsn2)C[C@@H]2c3cccc4[nH]cc(c34)C[C@H]21. The highest BCUT2D eigenvalue weighted by molar-refractivity contribution is 7.03. The number of fused-ring (bicyclic) bond motifs is 2. The van der Waals surface area contributed by atoms with E-state index in [0.29, 0.717) is 17.8 Å². The average Bonchev–Trinajstić information content (AvgIpc) is 3.27. The summed E-state index contributed by atoms with van der Waals surface area (Å²) < 4.78 is 4.20. The van der Waals surface area contributed by atoms with Gasteiger partial charge in [-0.15, -0.1) is 0 Å². The van der Waals surface area contributed by atoms with Gasteiger partial charge in [-0.25, -0.2) is 0 Å². The minimum Gasteiger partial charge on any atom is -0.361 e. The van der Waals surface area contributed by atoms with Gasteiger partial charge in [0, 0.05) is 41.0 Å². The van der Waals surface area contributed by atoms with Crippen molar-refractivity contribution >= 4 is 34.2 Å². The Morgan fingerprint density at radius 3 is 3.16 bits per heavy atom. The molecule has 3 heterocycles. The minimum absolute atomic E-state index is 0.0105. The molecule has 0 saturated carbocycles. The predicted octanol–water partition coefficient (Wildman–Crippen LogP) is 3.22. The number of carbonyl (C=O) groups excluding carboxylic acids is 1. The first-order chi connectivity index (χ1) is 12.2. The van der Waals surface area contributed by atoms with Crippen LogP contribution in [0.2, 0.25) is 0 Å². The molecule has 2 aromatic heterocycles. The third-order valence-corrected chi connectivity index (χ3v) is 6.35. The summed E-state index contributed by atoms with van der Waals surface area (Å²) in [5, 5.41) is 6.23. The quantitative estimate of drug-likeness (QED) is 0.744. The Morgan fingerprint density at radius 1 is 1.40 bits per heavy atom. The molecule has 1 aliphatic carbocycles. The Bertz CT molecular complexity index is 932. The van der Waals surface area contributed by atoms with Crippen molar-refractivity contribution in [3.05, 3.63) is 47.0 Å². The van der Waals surface area contributed by atoms with Gasteiger partial charge >= 0.3 is 0 Å². The van der Waals surface area contributed by atoms with E-state index in [4.69, 9.17) is 0 Å². The highest BCUT2D eigenvalue weighted by Gasteiger charge is 2.41. The number of likely N-dealkylation sites (tertiary alicyclic amines) is 1. The van der Waals surface area contributed by atoms with Crippen LogP contribution < -0.4 is 5.32 Å². The topological polar surface area (TPSA) is 61.0 Å². The van der Waals surface area contributed by atoms with Crippen LogP contribution in [0.1, 0.15) is 23.5 Å². The number of hydrogen-bond donors (Lipinski definition) is 2. The summed E-state index contributed by atoms with van der Waals surface area (Å²) in [5.74, 6) is 1.14. The summed E-state index contributed by atoms with van der Waals surface area (Å²) in [6.45, 7) is 0.798. The van der Waals surface area contributed by atoms with Crippen LogP contribution in [0.5, 0.6) is 0 Å². The fraction of sp³-hybridized carbons (Fsp3) is 0.368. The highest BCUT2D eigenvalue weighted by Crippen LogP contribution is 2.44. The zero-order valence-electron chi connectivity index (χ0n) is 14.0. The Kier molecular flexibility index (Phi) is 3.43. The molecule has 1 aromatic carbocycles. The van der Waals surface area contributed by atoms with Crippen molar-refractivity contribution in [2.75, 3.05) is 18.9 Å². The molecule has 128 valence electrons. The van der Waals surface area contributed by atoms with Gasteiger partial charge in [-0.3, -0.25) is 4.79 Å². The van der Waals surface area contributed by atoms with Crippen LogP contribution in [-0.2, 0) is 11.2 Å². The maximum Gasteiger partial charge on any atom is 0.229 e. The molecule has 25 heavy (non-hydrogen) atoms. The second-order valence-corrected chi connectivity index (χ2v) is 7.87. The van der Waals surface area contributed by atoms with Crippen molar-refractivity contribution in [3.63, 3.8) is 0 Å². The van der Waals surface area contributed by atoms with Gasteiger partial charge in [-0.05, 0) is 54.7 Å². The number of aromatic amines is 1. The number of H-pyrrole nitrogens is 1. The molecule has 6 heteroatoms. The zero-order valence-corrected chi connectivity index (χ0v) is 14.8. The van der Waals surface area contributed by atoms with E-state index in [1.54, 1.807) is 0 Å². The Labute approximate surface area is 150 Å². The number of benzene rings is 1. The maximum atomic E-state index is 12.7. The van der Waals surface area contributed by atoms with Gasteiger partial charge in [0.05, 0.1) is 5.92 Å². The molecule has 5 nitrogen and oxygen atoms in total. The van der Waals surface area contributed by atoms with Crippen LogP contribution in [0.15, 0.2) is 35.8 Å². The van der Waals surface area contributed by atoms with Crippen molar-refractivity contribution in [1.82, 2.24) is 14.3 Å². The number of likely N-dealkylation sites (N-methyl/N-ethyl adjacent to an activating group) is 1. The molecule has 2 N–H and O–H groups in total. The molecule has 3 aromatic rings. The van der Waals surface area contributed by atoms with Crippen LogP contribution in [0.4, 0.5) is 5.82 Å². The van der Waals surface area contributed by atoms with Gasteiger partial charge in [0.2, 0.25) is 5.91 Å². The fourth-order valence-electron chi connectivity index (χ4n) is 4.64. The van der Waals surface area contributed by atoms with Crippen molar-refractivity contribution in [3.8, 4) is 0 Å². The van der Waals surface area contributed by atoms with Gasteiger partial charge in [0.15, 0.2) is 0 Å². The van der Waals surface area contributed by atoms with E-state index in [9.17, 15) is 4.79 Å². The normalized spacial score (nSPS) is 25.7. The summed E-state index contributed by atoms with van der Waals surface area (Å²) in [4.78, 5) is 18.5. The highest BCUT2D eigenvalue weighted by atomic mass is 32.1. The first-order valence-electron chi connectivity index (χ1n) is 8.71. The number of hydrogen-bond acceptors (Lipinski definition) is 4. The average molecular weight is 352 g/mol. The molecule has 1 aliphatic heterocycles. The van der Waals surface area contributed by atoms with Crippen molar-refractivity contribution < 1.29 is 4.79 Å². The second kappa shape index (κ2) is 5.68. The van der Waals surface area contributed by atoms with E-state index in [-0.39, 0.29) is 11.8 Å². The van der Waals surface area contributed by atoms with Crippen molar-refractivity contribution in [1.29, 1.82) is 0 Å². The van der Waals surface area contributed by atoms with Crippen molar-refractivity contribution in [2.45, 2.75) is 24.8 Å². The van der Waals surface area contributed by atoms with Crippen LogP contribution in [0, 0.1) is 5.92 Å². The van der Waals surface area contributed by atoms with Gasteiger partial charge in [0.25, 0.3) is 0 Å². The third-order valence-electron chi connectivity index (χ3n) is 5.79. The van der Waals surface area contributed by atoms with E-state index >= 15 is 0 Å². The van der Waals surface area contributed by atoms with Gasteiger partial charge < -0.3 is 15.2 Å². The minimum atomic E-state index is -0.0105. The summed E-state index contributed by atoms with van der Waals surface area (Å²) in [5.41, 5.74) is 4.01. The van der Waals surface area contributed by atoms with Crippen LogP contribution >= 0.6 is 11.5 Å². The standard InChI is InChI=1S/C19H20N4OS/c1-23-10-12(19(24)21-17-5-6-25-22-17)7-14-13-3-2-4-15-18(13)11(9-20-15)8-16(14)23/h2-6,9,12,14,16,20H,7-8,10H2,1H3,(H,21,22,24)/t12?,14-,16-/m1/s1. The second-order valence-electron chi connectivity index (χ2n) is 7.21. The smallest absolute Gasteiger partial charge is 0.229 e. The number of nitrogens with one attached hydrogen (secondary N) is 2.